The number of hydrogen-bond donors (Lipinski definition) is 2. The topological polar surface area (TPSA) is 33.5 Å². The lowest BCUT2D eigenvalue weighted by molar-refractivity contribution is -0.918. The quantitative estimate of drug-likeness (QED) is 0.768. The van der Waals surface area contributed by atoms with E-state index < -0.39 is 0 Å². The molecular weight excluding hydrogens is 328 g/mol. The zero-order chi connectivity index (χ0) is 17.5. The smallest absolute Gasteiger partial charge is 0.244 e. The van der Waals surface area contributed by atoms with Crippen LogP contribution in [0.5, 0.6) is 0 Å². The summed E-state index contributed by atoms with van der Waals surface area (Å²) in [6.45, 7) is 6.27. The summed E-state index contributed by atoms with van der Waals surface area (Å²) >= 11 is 1.70. The monoisotopic (exact) mass is 355 g/mol. The highest BCUT2D eigenvalue weighted by molar-refractivity contribution is 7.12. The number of amides is 1. The minimum Gasteiger partial charge on any atom is -0.348 e. The highest BCUT2D eigenvalue weighted by Crippen LogP contribution is 2.16. The maximum absolute atomic E-state index is 12.1. The van der Waals surface area contributed by atoms with E-state index in [4.69, 9.17) is 0 Å². The summed E-state index contributed by atoms with van der Waals surface area (Å²) < 4.78 is 0. The summed E-state index contributed by atoms with van der Waals surface area (Å²) in [6, 6.07) is 12.6. The summed E-state index contributed by atoms with van der Waals surface area (Å²) in [5, 5.41) is 3.02. The van der Waals surface area contributed by atoms with Crippen LogP contribution in [-0.2, 0) is 17.9 Å². The fourth-order valence-corrected chi connectivity index (χ4v) is 4.12. The molecule has 1 aromatic carbocycles. The van der Waals surface area contributed by atoms with Gasteiger partial charge in [-0.25, -0.2) is 0 Å². The molecule has 1 aliphatic rings. The van der Waals surface area contributed by atoms with Crippen LogP contribution in [-0.4, -0.2) is 19.0 Å². The first-order valence-electron chi connectivity index (χ1n) is 9.13. The van der Waals surface area contributed by atoms with Gasteiger partial charge in [0.1, 0.15) is 6.54 Å². The number of benzene rings is 1. The molecule has 2 N–H and O–H groups in total. The van der Waals surface area contributed by atoms with Crippen LogP contribution in [0.25, 0.3) is 6.08 Å². The average molecular weight is 356 g/mol. The number of hydrogen-bond acceptors (Lipinski definition) is 2. The van der Waals surface area contributed by atoms with E-state index in [0.29, 0.717) is 6.54 Å². The van der Waals surface area contributed by atoms with Crippen LogP contribution in [0.15, 0.2) is 42.5 Å². The van der Waals surface area contributed by atoms with Crippen molar-refractivity contribution in [2.45, 2.75) is 39.3 Å². The molecule has 0 aliphatic carbocycles. The number of likely N-dealkylation sites (tertiary alicyclic amines) is 1. The van der Waals surface area contributed by atoms with Gasteiger partial charge in [0.05, 0.1) is 13.1 Å². The van der Waals surface area contributed by atoms with Gasteiger partial charge in [-0.3, -0.25) is 4.79 Å². The van der Waals surface area contributed by atoms with Gasteiger partial charge < -0.3 is 10.2 Å². The van der Waals surface area contributed by atoms with Crippen LogP contribution in [0.4, 0.5) is 0 Å². The van der Waals surface area contributed by atoms with E-state index in [0.717, 1.165) is 11.4 Å². The van der Waals surface area contributed by atoms with Crippen molar-refractivity contribution in [1.29, 1.82) is 0 Å². The first kappa shape index (κ1) is 17.9. The van der Waals surface area contributed by atoms with Crippen LogP contribution < -0.4 is 10.2 Å². The van der Waals surface area contributed by atoms with Gasteiger partial charge in [-0.2, -0.15) is 0 Å². The third-order valence-electron chi connectivity index (χ3n) is 4.73. The Kier molecular flexibility index (Phi) is 6.42. The number of thiophene rings is 1. The fourth-order valence-electron chi connectivity index (χ4n) is 3.34. The Hall–Kier alpha value is -1.91. The highest BCUT2D eigenvalue weighted by atomic mass is 32.1. The van der Waals surface area contributed by atoms with E-state index in [-0.39, 0.29) is 5.91 Å². The van der Waals surface area contributed by atoms with Gasteiger partial charge in [0.2, 0.25) is 5.91 Å². The Bertz CT molecular complexity index is 729. The van der Waals surface area contributed by atoms with E-state index in [1.54, 1.807) is 22.3 Å². The Balaban J connectivity index is 1.55. The largest absolute Gasteiger partial charge is 0.348 e. The van der Waals surface area contributed by atoms with Crippen molar-refractivity contribution < 1.29 is 9.69 Å². The maximum atomic E-state index is 12.1. The molecule has 132 valence electrons. The summed E-state index contributed by atoms with van der Waals surface area (Å²) in [4.78, 5) is 16.1. The van der Waals surface area contributed by atoms with Crippen LogP contribution in [0.3, 0.4) is 0 Å². The zero-order valence-electron chi connectivity index (χ0n) is 14.9. The van der Waals surface area contributed by atoms with Gasteiger partial charge in [0.25, 0.3) is 0 Å². The molecule has 1 aliphatic heterocycles. The molecule has 0 atom stereocenters. The Morgan fingerprint density at radius 2 is 1.88 bits per heavy atom. The van der Waals surface area contributed by atoms with Crippen molar-refractivity contribution in [3.8, 4) is 0 Å². The standard InChI is InChI=1S/C21H26N2OS/c1-17-9-10-20(25-17)11-12-21(24)22-15-18-7-3-4-8-19(18)16-23-13-5-2-6-14-23/h3-4,7-12H,2,5-6,13-16H2,1H3,(H,22,24)/p+1/b12-11+. The van der Waals surface area contributed by atoms with Crippen LogP contribution in [0, 0.1) is 6.92 Å². The molecule has 3 nitrogen and oxygen atoms in total. The lowest BCUT2D eigenvalue weighted by Crippen LogP contribution is -3.11. The average Bonchev–Trinajstić information content (AvgIpc) is 3.05. The molecule has 0 unspecified atom stereocenters. The number of rotatable bonds is 6. The molecule has 0 bridgehead atoms. The van der Waals surface area contributed by atoms with Crippen molar-refractivity contribution in [2.24, 2.45) is 0 Å². The molecule has 1 aromatic heterocycles. The molecule has 1 saturated heterocycles. The lowest BCUT2D eigenvalue weighted by Gasteiger charge is -2.24. The van der Waals surface area contributed by atoms with Crippen molar-refractivity contribution >= 4 is 23.3 Å². The molecule has 1 amide bonds. The summed E-state index contributed by atoms with van der Waals surface area (Å²) in [5.74, 6) is -0.0359. The highest BCUT2D eigenvalue weighted by Gasteiger charge is 2.15. The van der Waals surface area contributed by atoms with E-state index in [9.17, 15) is 4.79 Å². The maximum Gasteiger partial charge on any atom is 0.244 e. The third-order valence-corrected chi connectivity index (χ3v) is 5.70. The number of nitrogens with one attached hydrogen (secondary N) is 2. The van der Waals surface area contributed by atoms with Gasteiger partial charge in [-0.15, -0.1) is 11.3 Å². The first-order valence-corrected chi connectivity index (χ1v) is 9.95. The summed E-state index contributed by atoms with van der Waals surface area (Å²) in [7, 11) is 0. The van der Waals surface area contributed by atoms with Crippen molar-refractivity contribution in [3.05, 3.63) is 63.4 Å². The predicted octanol–water partition coefficient (Wildman–Crippen LogP) is 2.95. The van der Waals surface area contributed by atoms with Gasteiger partial charge in [-0.1, -0.05) is 24.3 Å². The second-order valence-corrected chi connectivity index (χ2v) is 8.08. The number of piperidine rings is 1. The van der Waals surface area contributed by atoms with Crippen LogP contribution in [0.1, 0.15) is 40.1 Å². The Morgan fingerprint density at radius 3 is 2.60 bits per heavy atom. The minimum absolute atomic E-state index is 0.0359. The third kappa shape index (κ3) is 5.55. The lowest BCUT2D eigenvalue weighted by atomic mass is 10.0. The molecule has 25 heavy (non-hydrogen) atoms. The van der Waals surface area contributed by atoms with Gasteiger partial charge in [-0.05, 0) is 50.0 Å². The molecule has 0 saturated carbocycles. The van der Waals surface area contributed by atoms with Gasteiger partial charge >= 0.3 is 0 Å². The van der Waals surface area contributed by atoms with E-state index in [2.05, 4.69) is 42.6 Å². The van der Waals surface area contributed by atoms with Crippen LogP contribution >= 0.6 is 11.3 Å². The van der Waals surface area contributed by atoms with E-state index in [1.165, 1.54) is 48.4 Å². The Morgan fingerprint density at radius 1 is 1.12 bits per heavy atom. The SMILES string of the molecule is Cc1ccc(/C=C/C(=O)NCc2ccccc2C[NH+]2CCCCC2)s1. The number of carbonyl (C=O) groups excluding carboxylic acids is 1. The second-order valence-electron chi connectivity index (χ2n) is 6.76. The van der Waals surface area contributed by atoms with Crippen molar-refractivity contribution in [1.82, 2.24) is 5.32 Å². The number of carbonyl (C=O) groups is 1. The molecule has 1 fully saturated rings. The molecule has 0 spiro atoms. The Labute approximate surface area is 154 Å². The predicted molar refractivity (Wildman–Crippen MR) is 105 cm³/mol. The molecule has 2 heterocycles. The summed E-state index contributed by atoms with van der Waals surface area (Å²) in [6.07, 6.45) is 7.56. The fraction of sp³-hybridized carbons (Fsp3) is 0.381. The molecule has 0 radical (unpaired) electrons. The second kappa shape index (κ2) is 8.97. The van der Waals surface area contributed by atoms with Crippen molar-refractivity contribution in [2.75, 3.05) is 13.1 Å². The molecule has 4 heteroatoms. The zero-order valence-corrected chi connectivity index (χ0v) is 15.7. The van der Waals surface area contributed by atoms with Gasteiger partial charge in [0, 0.05) is 27.9 Å². The number of aryl methyl sites for hydroxylation is 1. The van der Waals surface area contributed by atoms with Gasteiger partial charge in [0.15, 0.2) is 0 Å². The normalized spacial score (nSPS) is 15.6. The van der Waals surface area contributed by atoms with Crippen molar-refractivity contribution in [3.63, 3.8) is 0 Å². The van der Waals surface area contributed by atoms with E-state index in [1.807, 2.05) is 12.1 Å². The summed E-state index contributed by atoms with van der Waals surface area (Å²) in [5.41, 5.74) is 2.59. The minimum atomic E-state index is -0.0359. The first-order chi connectivity index (χ1) is 12.2. The number of quaternary nitrogens is 1. The van der Waals surface area contributed by atoms with Crippen LogP contribution in [0.2, 0.25) is 0 Å². The molecule has 3 rings (SSSR count). The van der Waals surface area contributed by atoms with E-state index >= 15 is 0 Å². The molecular formula is C21H27N2OS+. The molecule has 2 aromatic rings.